The minimum Gasteiger partial charge on any atom is -0.472 e. The van der Waals surface area contributed by atoms with Crippen LogP contribution in [0.25, 0.3) is 11.1 Å². The summed E-state index contributed by atoms with van der Waals surface area (Å²) >= 11 is 0. The van der Waals surface area contributed by atoms with E-state index in [2.05, 4.69) is 0 Å². The molecule has 2 aromatic rings. The molecule has 0 saturated heterocycles. The third-order valence-electron chi connectivity index (χ3n) is 2.67. The van der Waals surface area contributed by atoms with Gasteiger partial charge < -0.3 is 8.98 Å². The lowest BCUT2D eigenvalue weighted by Crippen LogP contribution is -2.22. The first-order valence-corrected chi connectivity index (χ1v) is 4.78. The first-order chi connectivity index (χ1) is 7.65. The third kappa shape index (κ3) is 1.43. The summed E-state index contributed by atoms with van der Waals surface area (Å²) in [6.45, 7) is 1.84. The van der Waals surface area contributed by atoms with E-state index in [1.54, 1.807) is 31.7 Å². The Bertz CT molecular complexity index is 616. The lowest BCUT2D eigenvalue weighted by molar-refractivity contribution is 0.568. The van der Waals surface area contributed by atoms with Gasteiger partial charge in [-0.3, -0.25) is 4.79 Å². The standard InChI is InChI=1S/C12H10N2O2/c1-8-11(9-3-4-16-7-9)5-10(6-13)12(15)14(8)2/h3-5,7H,1-2H3. The number of hydrogen-bond donors (Lipinski definition) is 0. The van der Waals surface area contributed by atoms with Crippen molar-refractivity contribution in [3.63, 3.8) is 0 Å². The first-order valence-electron chi connectivity index (χ1n) is 4.78. The summed E-state index contributed by atoms with van der Waals surface area (Å²) < 4.78 is 6.47. The predicted octanol–water partition coefficient (Wildman–Crippen LogP) is 1.83. The first kappa shape index (κ1) is 10.2. The van der Waals surface area contributed by atoms with E-state index in [9.17, 15) is 4.79 Å². The van der Waals surface area contributed by atoms with Crippen LogP contribution in [0.5, 0.6) is 0 Å². The van der Waals surface area contributed by atoms with Gasteiger partial charge in [0.05, 0.1) is 12.5 Å². The Hall–Kier alpha value is -2.28. The Morgan fingerprint density at radius 3 is 2.81 bits per heavy atom. The van der Waals surface area contributed by atoms with Crippen molar-refractivity contribution in [1.29, 1.82) is 5.26 Å². The summed E-state index contributed by atoms with van der Waals surface area (Å²) in [6, 6.07) is 5.30. The van der Waals surface area contributed by atoms with Crippen LogP contribution in [-0.4, -0.2) is 4.57 Å². The Labute approximate surface area is 92.4 Å². The van der Waals surface area contributed by atoms with Crippen LogP contribution in [0.1, 0.15) is 11.3 Å². The topological polar surface area (TPSA) is 58.9 Å². The van der Waals surface area contributed by atoms with Crippen LogP contribution in [0, 0.1) is 18.3 Å². The van der Waals surface area contributed by atoms with E-state index in [0.717, 1.165) is 16.8 Å². The molecule has 2 heterocycles. The fourth-order valence-electron chi connectivity index (χ4n) is 1.61. The van der Waals surface area contributed by atoms with E-state index in [4.69, 9.17) is 9.68 Å². The molecular weight excluding hydrogens is 204 g/mol. The molecule has 0 spiro atoms. The van der Waals surface area contributed by atoms with E-state index in [-0.39, 0.29) is 11.1 Å². The molecule has 0 N–H and O–H groups in total. The van der Waals surface area contributed by atoms with E-state index >= 15 is 0 Å². The molecule has 0 aromatic carbocycles. The highest BCUT2D eigenvalue weighted by molar-refractivity contribution is 5.66. The Morgan fingerprint density at radius 2 is 2.25 bits per heavy atom. The molecule has 2 rings (SSSR count). The highest BCUT2D eigenvalue weighted by Gasteiger charge is 2.11. The zero-order chi connectivity index (χ0) is 11.7. The maximum atomic E-state index is 11.7. The summed E-state index contributed by atoms with van der Waals surface area (Å²) in [5.74, 6) is 0. The van der Waals surface area contributed by atoms with Gasteiger partial charge in [0.1, 0.15) is 11.6 Å². The molecule has 0 unspecified atom stereocenters. The molecule has 4 heteroatoms. The maximum absolute atomic E-state index is 11.7. The second kappa shape index (κ2) is 3.70. The van der Waals surface area contributed by atoms with E-state index in [1.165, 1.54) is 4.57 Å². The number of nitrogens with zero attached hydrogens (tertiary/aromatic N) is 2. The van der Waals surface area contributed by atoms with Gasteiger partial charge in [0.2, 0.25) is 0 Å². The van der Waals surface area contributed by atoms with Gasteiger partial charge >= 0.3 is 0 Å². The van der Waals surface area contributed by atoms with Crippen molar-refractivity contribution in [2.75, 3.05) is 0 Å². The third-order valence-corrected chi connectivity index (χ3v) is 2.67. The highest BCUT2D eigenvalue weighted by Crippen LogP contribution is 2.22. The van der Waals surface area contributed by atoms with E-state index in [1.807, 2.05) is 13.0 Å². The molecule has 0 aliphatic heterocycles. The van der Waals surface area contributed by atoms with Crippen LogP contribution in [0.15, 0.2) is 33.9 Å². The summed E-state index contributed by atoms with van der Waals surface area (Å²) in [5.41, 5.74) is 2.39. The van der Waals surface area contributed by atoms with E-state index < -0.39 is 0 Å². The number of furan rings is 1. The van der Waals surface area contributed by atoms with Crippen LogP contribution in [0.4, 0.5) is 0 Å². The van der Waals surface area contributed by atoms with Gasteiger partial charge in [-0.1, -0.05) is 0 Å². The van der Waals surface area contributed by atoms with Gasteiger partial charge in [0.25, 0.3) is 5.56 Å². The largest absolute Gasteiger partial charge is 0.472 e. The van der Waals surface area contributed by atoms with Crippen molar-refractivity contribution in [1.82, 2.24) is 4.57 Å². The fourth-order valence-corrected chi connectivity index (χ4v) is 1.61. The van der Waals surface area contributed by atoms with Gasteiger partial charge in [-0.2, -0.15) is 5.26 Å². The summed E-state index contributed by atoms with van der Waals surface area (Å²) in [5, 5.41) is 8.87. The molecule has 0 radical (unpaired) electrons. The van der Waals surface area contributed by atoms with Crippen LogP contribution in [0.2, 0.25) is 0 Å². The minimum atomic E-state index is -0.271. The number of hydrogen-bond acceptors (Lipinski definition) is 3. The second-order valence-corrected chi connectivity index (χ2v) is 3.55. The molecule has 80 valence electrons. The fraction of sp³-hybridized carbons (Fsp3) is 0.167. The molecule has 0 amide bonds. The number of nitriles is 1. The number of rotatable bonds is 1. The molecule has 0 bridgehead atoms. The smallest absolute Gasteiger partial charge is 0.268 e. The normalized spacial score (nSPS) is 10.1. The zero-order valence-corrected chi connectivity index (χ0v) is 9.02. The minimum absolute atomic E-state index is 0.143. The van der Waals surface area contributed by atoms with Gasteiger partial charge in [-0.05, 0) is 19.1 Å². The van der Waals surface area contributed by atoms with Crippen molar-refractivity contribution >= 4 is 0 Å². The van der Waals surface area contributed by atoms with Gasteiger partial charge in [0, 0.05) is 23.9 Å². The van der Waals surface area contributed by atoms with Crippen LogP contribution in [0.3, 0.4) is 0 Å². The molecule has 4 nitrogen and oxygen atoms in total. The van der Waals surface area contributed by atoms with Gasteiger partial charge in [0.15, 0.2) is 0 Å². The molecule has 2 aromatic heterocycles. The van der Waals surface area contributed by atoms with Gasteiger partial charge in [-0.15, -0.1) is 0 Å². The number of aromatic nitrogens is 1. The number of pyridine rings is 1. The van der Waals surface area contributed by atoms with Crippen LogP contribution < -0.4 is 5.56 Å². The van der Waals surface area contributed by atoms with Crippen LogP contribution in [-0.2, 0) is 7.05 Å². The summed E-state index contributed by atoms with van der Waals surface area (Å²) in [6.07, 6.45) is 3.15. The lowest BCUT2D eigenvalue weighted by Gasteiger charge is -2.09. The summed E-state index contributed by atoms with van der Waals surface area (Å²) in [4.78, 5) is 11.7. The molecular formula is C12H10N2O2. The summed E-state index contributed by atoms with van der Waals surface area (Å²) in [7, 11) is 1.65. The highest BCUT2D eigenvalue weighted by atomic mass is 16.3. The molecule has 0 aliphatic carbocycles. The second-order valence-electron chi connectivity index (χ2n) is 3.55. The van der Waals surface area contributed by atoms with Crippen LogP contribution >= 0.6 is 0 Å². The monoisotopic (exact) mass is 214 g/mol. The zero-order valence-electron chi connectivity index (χ0n) is 9.02. The van der Waals surface area contributed by atoms with Crippen molar-refractivity contribution in [2.24, 2.45) is 7.05 Å². The van der Waals surface area contributed by atoms with Crippen molar-refractivity contribution in [3.05, 3.63) is 46.3 Å². The quantitative estimate of drug-likeness (QED) is 0.727. The van der Waals surface area contributed by atoms with Crippen molar-refractivity contribution in [3.8, 4) is 17.2 Å². The molecule has 0 atom stereocenters. The van der Waals surface area contributed by atoms with Gasteiger partial charge in [-0.25, -0.2) is 0 Å². The van der Waals surface area contributed by atoms with E-state index in [0.29, 0.717) is 0 Å². The Kier molecular flexibility index (Phi) is 2.37. The molecule has 0 fully saturated rings. The average Bonchev–Trinajstić information content (AvgIpc) is 2.80. The predicted molar refractivity (Wildman–Crippen MR) is 58.8 cm³/mol. The van der Waals surface area contributed by atoms with Crippen molar-refractivity contribution < 1.29 is 4.42 Å². The lowest BCUT2D eigenvalue weighted by atomic mass is 10.1. The average molecular weight is 214 g/mol. The SMILES string of the molecule is Cc1c(-c2ccoc2)cc(C#N)c(=O)n1C. The molecule has 0 aliphatic rings. The Morgan fingerprint density at radius 1 is 1.50 bits per heavy atom. The van der Waals surface area contributed by atoms with Crippen molar-refractivity contribution in [2.45, 2.75) is 6.92 Å². The molecule has 0 saturated carbocycles. The Balaban J connectivity index is 2.79. The maximum Gasteiger partial charge on any atom is 0.268 e. The molecule has 16 heavy (non-hydrogen) atoms.